The predicted octanol–water partition coefficient (Wildman–Crippen LogP) is 3.01. The van der Waals surface area contributed by atoms with Crippen LogP contribution in [-0.2, 0) is 14.0 Å². The summed E-state index contributed by atoms with van der Waals surface area (Å²) in [7, 11) is -1.87. The monoisotopic (exact) mass is 272 g/mol. The highest BCUT2D eigenvalue weighted by Crippen LogP contribution is 2.38. The molecule has 0 fully saturated rings. The van der Waals surface area contributed by atoms with E-state index in [-0.39, 0.29) is 5.04 Å². The summed E-state index contributed by atoms with van der Waals surface area (Å²) in [5, 5.41) is 9.37. The molecular formula is C13H24O4Si. The third kappa shape index (κ3) is 2.78. The zero-order chi connectivity index (χ0) is 14.2. The minimum atomic E-state index is -1.87. The first-order valence-electron chi connectivity index (χ1n) is 6.21. The SMILES string of the molecule is CC1(C(=O)O)C=COC1CO[Si](C)(C)C(C)(C)C. The minimum absolute atomic E-state index is 0.110. The largest absolute Gasteiger partial charge is 0.494 e. The molecule has 1 heterocycles. The highest BCUT2D eigenvalue weighted by atomic mass is 28.4. The number of aliphatic carboxylic acids is 1. The molecule has 2 atom stereocenters. The smallest absolute Gasteiger partial charge is 0.317 e. The summed E-state index contributed by atoms with van der Waals surface area (Å²) in [6.45, 7) is 12.8. The van der Waals surface area contributed by atoms with Gasteiger partial charge in [-0.2, -0.15) is 0 Å². The van der Waals surface area contributed by atoms with Crippen LogP contribution in [0.3, 0.4) is 0 Å². The molecule has 5 heteroatoms. The molecule has 0 spiro atoms. The van der Waals surface area contributed by atoms with Crippen molar-refractivity contribution >= 4 is 14.3 Å². The quantitative estimate of drug-likeness (QED) is 0.799. The van der Waals surface area contributed by atoms with Crippen molar-refractivity contribution in [2.24, 2.45) is 5.41 Å². The maximum Gasteiger partial charge on any atom is 0.317 e. The fraction of sp³-hybridized carbons (Fsp3) is 0.769. The second-order valence-electron chi connectivity index (χ2n) is 6.59. The van der Waals surface area contributed by atoms with Crippen LogP contribution in [0.4, 0.5) is 0 Å². The summed E-state index contributed by atoms with van der Waals surface area (Å²) >= 11 is 0. The number of carboxylic acid groups (broad SMARTS) is 1. The molecule has 0 saturated heterocycles. The number of carbonyl (C=O) groups is 1. The fourth-order valence-corrected chi connectivity index (χ4v) is 2.45. The maximum atomic E-state index is 11.3. The Morgan fingerprint density at radius 3 is 2.50 bits per heavy atom. The van der Waals surface area contributed by atoms with Crippen molar-refractivity contribution in [2.75, 3.05) is 6.61 Å². The van der Waals surface area contributed by atoms with Gasteiger partial charge in [-0.05, 0) is 31.1 Å². The van der Waals surface area contributed by atoms with Gasteiger partial charge in [0.2, 0.25) is 0 Å². The van der Waals surface area contributed by atoms with Gasteiger partial charge in [-0.15, -0.1) is 0 Å². The van der Waals surface area contributed by atoms with E-state index in [1.54, 1.807) is 13.0 Å². The summed E-state index contributed by atoms with van der Waals surface area (Å²) < 4.78 is 11.4. The van der Waals surface area contributed by atoms with Crippen molar-refractivity contribution < 1.29 is 19.1 Å². The Hall–Kier alpha value is -0.813. The zero-order valence-electron chi connectivity index (χ0n) is 12.1. The van der Waals surface area contributed by atoms with Crippen molar-refractivity contribution in [1.82, 2.24) is 0 Å². The number of hydrogen-bond acceptors (Lipinski definition) is 3. The van der Waals surface area contributed by atoms with E-state index in [4.69, 9.17) is 9.16 Å². The molecular weight excluding hydrogens is 248 g/mol. The molecule has 0 bridgehead atoms. The molecule has 1 aliphatic rings. The van der Waals surface area contributed by atoms with Gasteiger partial charge in [-0.3, -0.25) is 4.79 Å². The van der Waals surface area contributed by atoms with E-state index < -0.39 is 25.8 Å². The highest BCUT2D eigenvalue weighted by molar-refractivity contribution is 6.74. The van der Waals surface area contributed by atoms with Gasteiger partial charge in [0.05, 0.1) is 12.9 Å². The lowest BCUT2D eigenvalue weighted by atomic mass is 9.86. The molecule has 1 N–H and O–H groups in total. The molecule has 0 aromatic rings. The van der Waals surface area contributed by atoms with Crippen LogP contribution in [0.2, 0.25) is 18.1 Å². The van der Waals surface area contributed by atoms with Crippen LogP contribution in [0.15, 0.2) is 12.3 Å². The molecule has 0 aliphatic carbocycles. The molecule has 1 rings (SSSR count). The fourth-order valence-electron chi connectivity index (χ4n) is 1.45. The second kappa shape index (κ2) is 4.70. The van der Waals surface area contributed by atoms with Gasteiger partial charge in [-0.25, -0.2) is 0 Å². The van der Waals surface area contributed by atoms with Gasteiger partial charge in [0.1, 0.15) is 11.5 Å². The second-order valence-corrected chi connectivity index (χ2v) is 11.4. The molecule has 1 aliphatic heterocycles. The molecule has 2 unspecified atom stereocenters. The predicted molar refractivity (Wildman–Crippen MR) is 72.9 cm³/mol. The van der Waals surface area contributed by atoms with Gasteiger partial charge < -0.3 is 14.3 Å². The first-order chi connectivity index (χ1) is 8.01. The van der Waals surface area contributed by atoms with Crippen LogP contribution < -0.4 is 0 Å². The Morgan fingerprint density at radius 1 is 1.50 bits per heavy atom. The third-order valence-corrected chi connectivity index (χ3v) is 8.69. The first kappa shape index (κ1) is 15.2. The van der Waals surface area contributed by atoms with E-state index in [1.165, 1.54) is 6.26 Å². The Labute approximate surface area is 110 Å². The van der Waals surface area contributed by atoms with E-state index in [0.29, 0.717) is 6.61 Å². The van der Waals surface area contributed by atoms with Crippen molar-refractivity contribution in [1.29, 1.82) is 0 Å². The number of hydrogen-bond donors (Lipinski definition) is 1. The van der Waals surface area contributed by atoms with Crippen LogP contribution in [0.1, 0.15) is 27.7 Å². The topological polar surface area (TPSA) is 55.8 Å². The van der Waals surface area contributed by atoms with Gasteiger partial charge in [0.15, 0.2) is 8.32 Å². The summed E-state index contributed by atoms with van der Waals surface area (Å²) in [5.41, 5.74) is -0.984. The van der Waals surface area contributed by atoms with E-state index in [9.17, 15) is 9.90 Å². The number of ether oxygens (including phenoxy) is 1. The third-order valence-electron chi connectivity index (χ3n) is 4.19. The van der Waals surface area contributed by atoms with Crippen molar-refractivity contribution in [3.8, 4) is 0 Å². The maximum absolute atomic E-state index is 11.3. The molecule has 0 amide bonds. The summed E-state index contributed by atoms with van der Waals surface area (Å²) in [4.78, 5) is 11.3. The van der Waals surface area contributed by atoms with E-state index >= 15 is 0 Å². The van der Waals surface area contributed by atoms with E-state index in [1.807, 2.05) is 0 Å². The molecule has 0 aromatic heterocycles. The van der Waals surface area contributed by atoms with Gasteiger partial charge in [-0.1, -0.05) is 20.8 Å². The lowest BCUT2D eigenvalue weighted by molar-refractivity contribution is -0.150. The molecule has 4 nitrogen and oxygen atoms in total. The average Bonchev–Trinajstić information content (AvgIpc) is 2.56. The summed E-state index contributed by atoms with van der Waals surface area (Å²) in [6.07, 6.45) is 2.62. The lowest BCUT2D eigenvalue weighted by Crippen LogP contribution is -2.46. The normalized spacial score (nSPS) is 28.2. The van der Waals surface area contributed by atoms with Gasteiger partial charge in [0, 0.05) is 0 Å². The van der Waals surface area contributed by atoms with Crippen LogP contribution in [-0.4, -0.2) is 32.1 Å². The first-order valence-corrected chi connectivity index (χ1v) is 9.12. The Bertz CT molecular complexity index is 356. The van der Waals surface area contributed by atoms with Gasteiger partial charge >= 0.3 is 5.97 Å². The van der Waals surface area contributed by atoms with Crippen molar-refractivity contribution in [3.05, 3.63) is 12.3 Å². The van der Waals surface area contributed by atoms with Crippen LogP contribution in [0, 0.1) is 5.41 Å². The highest BCUT2D eigenvalue weighted by Gasteiger charge is 2.46. The number of rotatable bonds is 4. The molecule has 0 saturated carbocycles. The average molecular weight is 272 g/mol. The van der Waals surface area contributed by atoms with Crippen LogP contribution in [0.25, 0.3) is 0 Å². The lowest BCUT2D eigenvalue weighted by Gasteiger charge is -2.38. The molecule has 0 aromatic carbocycles. The van der Waals surface area contributed by atoms with Crippen LogP contribution in [0.5, 0.6) is 0 Å². The van der Waals surface area contributed by atoms with E-state index in [2.05, 4.69) is 33.9 Å². The van der Waals surface area contributed by atoms with Crippen molar-refractivity contribution in [3.63, 3.8) is 0 Å². The summed E-state index contributed by atoms with van der Waals surface area (Å²) in [5.74, 6) is -0.875. The van der Waals surface area contributed by atoms with Crippen LogP contribution >= 0.6 is 0 Å². The summed E-state index contributed by atoms with van der Waals surface area (Å²) in [6, 6.07) is 0. The molecule has 18 heavy (non-hydrogen) atoms. The zero-order valence-corrected chi connectivity index (χ0v) is 13.1. The minimum Gasteiger partial charge on any atom is -0.494 e. The van der Waals surface area contributed by atoms with Crippen molar-refractivity contribution in [2.45, 2.75) is 51.9 Å². The van der Waals surface area contributed by atoms with Gasteiger partial charge in [0.25, 0.3) is 0 Å². The standard InChI is InChI=1S/C13H24O4Si/c1-12(2,3)18(5,6)17-9-10-13(4,11(14)15)7-8-16-10/h7-8,10H,9H2,1-6H3,(H,14,15). The van der Waals surface area contributed by atoms with E-state index in [0.717, 1.165) is 0 Å². The Balaban J connectivity index is 2.68. The Kier molecular flexibility index (Phi) is 3.98. The molecule has 104 valence electrons. The number of carboxylic acids is 1. The Morgan fingerprint density at radius 2 is 2.06 bits per heavy atom. The molecule has 0 radical (unpaired) electrons.